The number of nitrogens with zero attached hydrogens (tertiary/aromatic N) is 1. The smallest absolute Gasteiger partial charge is 0.241 e. The van der Waals surface area contributed by atoms with Gasteiger partial charge < -0.3 is 10.4 Å². The lowest BCUT2D eigenvalue weighted by Crippen LogP contribution is -2.52. The second-order valence-corrected chi connectivity index (χ2v) is 5.11. The highest BCUT2D eigenvalue weighted by Gasteiger charge is 2.30. The predicted octanol–water partition coefficient (Wildman–Crippen LogP) is 1.72. The Labute approximate surface area is 109 Å². The molecule has 0 heterocycles. The van der Waals surface area contributed by atoms with Crippen molar-refractivity contribution in [3.8, 4) is 0 Å². The molecule has 0 radical (unpaired) electrons. The quantitative estimate of drug-likeness (QED) is 0.836. The highest BCUT2D eigenvalue weighted by Crippen LogP contribution is 2.16. The largest absolute Gasteiger partial charge is 0.394 e. The lowest BCUT2D eigenvalue weighted by atomic mass is 10.0. The first-order valence-electron chi connectivity index (χ1n) is 6.08. The third kappa shape index (κ3) is 3.55. The molecule has 1 amide bonds. The van der Waals surface area contributed by atoms with E-state index in [1.165, 1.54) is 0 Å². The molecular formula is C14H22N2O2. The van der Waals surface area contributed by atoms with Crippen molar-refractivity contribution in [3.63, 3.8) is 0 Å². The van der Waals surface area contributed by atoms with Crippen molar-refractivity contribution in [2.45, 2.75) is 32.4 Å². The summed E-state index contributed by atoms with van der Waals surface area (Å²) in [6.07, 6.45) is 0. The highest BCUT2D eigenvalue weighted by molar-refractivity contribution is 5.94. The molecule has 0 bridgehead atoms. The van der Waals surface area contributed by atoms with Crippen molar-refractivity contribution in [1.29, 1.82) is 0 Å². The molecule has 1 unspecified atom stereocenters. The van der Waals surface area contributed by atoms with Crippen LogP contribution >= 0.6 is 0 Å². The molecule has 1 rings (SSSR count). The van der Waals surface area contributed by atoms with E-state index in [2.05, 4.69) is 5.32 Å². The van der Waals surface area contributed by atoms with E-state index in [4.69, 9.17) is 0 Å². The van der Waals surface area contributed by atoms with E-state index in [-0.39, 0.29) is 18.6 Å². The number of hydrogen-bond acceptors (Lipinski definition) is 3. The van der Waals surface area contributed by atoms with Crippen molar-refractivity contribution in [1.82, 2.24) is 4.90 Å². The van der Waals surface area contributed by atoms with E-state index < -0.39 is 5.54 Å². The van der Waals surface area contributed by atoms with E-state index in [1.54, 1.807) is 0 Å². The van der Waals surface area contributed by atoms with Gasteiger partial charge in [0.05, 0.1) is 12.6 Å². The van der Waals surface area contributed by atoms with Crippen molar-refractivity contribution >= 4 is 11.6 Å². The SMILES string of the molecule is CC(C(=O)Nc1ccccc1)N(C)C(C)(C)CO. The zero-order valence-corrected chi connectivity index (χ0v) is 11.5. The van der Waals surface area contributed by atoms with Gasteiger partial charge in [0.1, 0.15) is 0 Å². The molecule has 18 heavy (non-hydrogen) atoms. The Morgan fingerprint density at radius 3 is 2.44 bits per heavy atom. The second kappa shape index (κ2) is 5.98. The van der Waals surface area contributed by atoms with Crippen LogP contribution in [0.2, 0.25) is 0 Å². The molecule has 0 saturated heterocycles. The van der Waals surface area contributed by atoms with Crippen molar-refractivity contribution in [3.05, 3.63) is 30.3 Å². The number of anilines is 1. The molecule has 0 aliphatic rings. The normalized spacial score (nSPS) is 13.4. The summed E-state index contributed by atoms with van der Waals surface area (Å²) in [4.78, 5) is 13.9. The summed E-state index contributed by atoms with van der Waals surface area (Å²) < 4.78 is 0. The lowest BCUT2D eigenvalue weighted by Gasteiger charge is -2.37. The Bertz CT molecular complexity index is 390. The predicted molar refractivity (Wildman–Crippen MR) is 73.5 cm³/mol. The highest BCUT2D eigenvalue weighted by atomic mass is 16.3. The molecule has 0 fully saturated rings. The fraction of sp³-hybridized carbons (Fsp3) is 0.500. The standard InChI is InChI=1S/C14H22N2O2/c1-11(16(4)14(2,3)10-17)13(18)15-12-8-6-5-7-9-12/h5-9,11,17H,10H2,1-4H3,(H,15,18). The van der Waals surface area contributed by atoms with E-state index in [1.807, 2.05) is 63.1 Å². The third-order valence-electron chi connectivity index (χ3n) is 3.34. The number of rotatable bonds is 5. The maximum atomic E-state index is 12.1. The zero-order valence-electron chi connectivity index (χ0n) is 11.5. The van der Waals surface area contributed by atoms with Gasteiger partial charge in [-0.25, -0.2) is 0 Å². The minimum absolute atomic E-state index is 0.00641. The third-order valence-corrected chi connectivity index (χ3v) is 3.34. The molecule has 0 aliphatic heterocycles. The Balaban J connectivity index is 2.67. The summed E-state index contributed by atoms with van der Waals surface area (Å²) in [7, 11) is 1.84. The first-order chi connectivity index (χ1) is 8.38. The summed E-state index contributed by atoms with van der Waals surface area (Å²) in [6.45, 7) is 5.64. The van der Waals surface area contributed by atoms with Crippen LogP contribution in [0.25, 0.3) is 0 Å². The number of carbonyl (C=O) groups is 1. The average Bonchev–Trinajstić information content (AvgIpc) is 2.38. The fourth-order valence-electron chi connectivity index (χ4n) is 1.58. The Hall–Kier alpha value is -1.39. The fourth-order valence-corrected chi connectivity index (χ4v) is 1.58. The number of benzene rings is 1. The van der Waals surface area contributed by atoms with Crippen LogP contribution in [0, 0.1) is 0 Å². The van der Waals surface area contributed by atoms with Gasteiger partial charge in [-0.1, -0.05) is 18.2 Å². The Morgan fingerprint density at radius 2 is 1.94 bits per heavy atom. The number of para-hydroxylation sites is 1. The molecule has 4 heteroatoms. The number of hydrogen-bond donors (Lipinski definition) is 2. The van der Waals surface area contributed by atoms with Gasteiger partial charge in [-0.3, -0.25) is 9.69 Å². The summed E-state index contributed by atoms with van der Waals surface area (Å²) >= 11 is 0. The molecule has 1 atom stereocenters. The molecule has 4 nitrogen and oxygen atoms in total. The van der Waals surface area contributed by atoms with Gasteiger partial charge >= 0.3 is 0 Å². The van der Waals surface area contributed by atoms with Crippen LogP contribution in [0.3, 0.4) is 0 Å². The zero-order chi connectivity index (χ0) is 13.8. The van der Waals surface area contributed by atoms with Gasteiger partial charge in [-0.2, -0.15) is 0 Å². The number of aliphatic hydroxyl groups is 1. The van der Waals surface area contributed by atoms with E-state index in [0.717, 1.165) is 5.69 Å². The molecule has 1 aromatic carbocycles. The number of likely N-dealkylation sites (N-methyl/N-ethyl adjacent to an activating group) is 1. The summed E-state index contributed by atoms with van der Waals surface area (Å²) in [5.74, 6) is -0.0785. The van der Waals surface area contributed by atoms with Gasteiger partial charge in [-0.15, -0.1) is 0 Å². The van der Waals surface area contributed by atoms with Crippen LogP contribution < -0.4 is 5.32 Å². The topological polar surface area (TPSA) is 52.6 Å². The van der Waals surface area contributed by atoms with Crippen molar-refractivity contribution in [2.24, 2.45) is 0 Å². The van der Waals surface area contributed by atoms with Gasteiger partial charge in [0, 0.05) is 11.2 Å². The molecule has 0 saturated carbocycles. The second-order valence-electron chi connectivity index (χ2n) is 5.11. The number of aliphatic hydroxyl groups excluding tert-OH is 1. The average molecular weight is 250 g/mol. The van der Waals surface area contributed by atoms with Crippen LogP contribution in [0.4, 0.5) is 5.69 Å². The molecule has 100 valence electrons. The summed E-state index contributed by atoms with van der Waals surface area (Å²) in [5, 5.41) is 12.2. The van der Waals surface area contributed by atoms with E-state index in [0.29, 0.717) is 0 Å². The number of amides is 1. The minimum atomic E-state index is -0.423. The maximum absolute atomic E-state index is 12.1. The van der Waals surface area contributed by atoms with E-state index in [9.17, 15) is 9.90 Å². The maximum Gasteiger partial charge on any atom is 0.241 e. The van der Waals surface area contributed by atoms with Gasteiger partial charge in [0.15, 0.2) is 0 Å². The number of carbonyl (C=O) groups excluding carboxylic acids is 1. The van der Waals surface area contributed by atoms with Crippen molar-refractivity contribution in [2.75, 3.05) is 19.0 Å². The van der Waals surface area contributed by atoms with Gasteiger partial charge in [0.25, 0.3) is 0 Å². The minimum Gasteiger partial charge on any atom is -0.394 e. The molecule has 0 aliphatic carbocycles. The Morgan fingerprint density at radius 1 is 1.39 bits per heavy atom. The molecule has 0 spiro atoms. The summed E-state index contributed by atoms with van der Waals surface area (Å²) in [5.41, 5.74) is 0.359. The monoisotopic (exact) mass is 250 g/mol. The molecular weight excluding hydrogens is 228 g/mol. The van der Waals surface area contributed by atoms with Crippen LogP contribution in [-0.2, 0) is 4.79 Å². The first-order valence-corrected chi connectivity index (χ1v) is 6.08. The molecule has 1 aromatic rings. The van der Waals surface area contributed by atoms with Gasteiger partial charge in [0.2, 0.25) is 5.91 Å². The molecule has 2 N–H and O–H groups in total. The van der Waals surface area contributed by atoms with Crippen LogP contribution in [0.15, 0.2) is 30.3 Å². The van der Waals surface area contributed by atoms with E-state index >= 15 is 0 Å². The van der Waals surface area contributed by atoms with Crippen LogP contribution in [-0.4, -0.2) is 41.1 Å². The van der Waals surface area contributed by atoms with Gasteiger partial charge in [-0.05, 0) is 40.0 Å². The first kappa shape index (κ1) is 14.7. The van der Waals surface area contributed by atoms with Crippen LogP contribution in [0.5, 0.6) is 0 Å². The summed E-state index contributed by atoms with van der Waals surface area (Å²) in [6, 6.07) is 9.04. The Kier molecular flexibility index (Phi) is 4.87. The number of nitrogens with one attached hydrogen (secondary N) is 1. The van der Waals surface area contributed by atoms with Crippen LogP contribution in [0.1, 0.15) is 20.8 Å². The lowest BCUT2D eigenvalue weighted by molar-refractivity contribution is -0.122. The van der Waals surface area contributed by atoms with Crippen molar-refractivity contribution < 1.29 is 9.90 Å². The molecule has 0 aromatic heterocycles.